The van der Waals surface area contributed by atoms with Crippen LogP contribution in [0.5, 0.6) is 0 Å². The van der Waals surface area contributed by atoms with Crippen LogP contribution in [0.3, 0.4) is 0 Å². The van der Waals surface area contributed by atoms with Crippen LogP contribution in [0, 0.1) is 13.8 Å². The maximum Gasteiger partial charge on any atom is 0.226 e. The summed E-state index contributed by atoms with van der Waals surface area (Å²) in [6.45, 7) is 6.14. The molecule has 0 atom stereocenters. The summed E-state index contributed by atoms with van der Waals surface area (Å²) in [7, 11) is 0. The molecule has 0 unspecified atom stereocenters. The van der Waals surface area contributed by atoms with E-state index in [1.807, 2.05) is 13.0 Å². The number of nitrogens with zero attached hydrogens (tertiary/aromatic N) is 3. The first-order chi connectivity index (χ1) is 12.0. The number of rotatable bonds is 6. The first-order valence-electron chi connectivity index (χ1n) is 8.19. The topological polar surface area (TPSA) is 80.9 Å². The Morgan fingerprint density at radius 1 is 1.24 bits per heavy atom. The smallest absolute Gasteiger partial charge is 0.226 e. The van der Waals surface area contributed by atoms with E-state index in [2.05, 4.69) is 46.5 Å². The fourth-order valence-corrected chi connectivity index (χ4v) is 3.00. The van der Waals surface area contributed by atoms with E-state index in [1.165, 1.54) is 22.5 Å². The van der Waals surface area contributed by atoms with Crippen LogP contribution in [-0.4, -0.2) is 21.1 Å². The zero-order valence-electron chi connectivity index (χ0n) is 14.5. The molecule has 0 radical (unpaired) electrons. The van der Waals surface area contributed by atoms with Crippen molar-refractivity contribution in [2.75, 3.05) is 5.32 Å². The molecule has 0 saturated carbocycles. The van der Waals surface area contributed by atoms with Gasteiger partial charge in [0.1, 0.15) is 5.01 Å². The van der Waals surface area contributed by atoms with E-state index in [4.69, 9.17) is 4.42 Å². The Hall–Kier alpha value is -2.54. The van der Waals surface area contributed by atoms with E-state index in [0.717, 1.165) is 22.8 Å². The van der Waals surface area contributed by atoms with Gasteiger partial charge in [-0.15, -0.1) is 10.2 Å². The highest BCUT2D eigenvalue weighted by Crippen LogP contribution is 2.23. The molecule has 0 aliphatic heterocycles. The second-order valence-electron chi connectivity index (χ2n) is 5.82. The van der Waals surface area contributed by atoms with E-state index in [0.29, 0.717) is 17.4 Å². The molecule has 0 saturated heterocycles. The average molecular weight is 356 g/mol. The highest BCUT2D eigenvalue weighted by Gasteiger charge is 2.11. The van der Waals surface area contributed by atoms with Gasteiger partial charge in [-0.3, -0.25) is 4.79 Å². The van der Waals surface area contributed by atoms with Gasteiger partial charge in [-0.1, -0.05) is 30.4 Å². The highest BCUT2D eigenvalue weighted by molar-refractivity contribution is 7.15. The van der Waals surface area contributed by atoms with E-state index in [-0.39, 0.29) is 12.3 Å². The van der Waals surface area contributed by atoms with Gasteiger partial charge < -0.3 is 9.73 Å². The van der Waals surface area contributed by atoms with Gasteiger partial charge in [0.05, 0.1) is 6.20 Å². The Kier molecular flexibility index (Phi) is 5.23. The second-order valence-corrected chi connectivity index (χ2v) is 6.88. The van der Waals surface area contributed by atoms with Gasteiger partial charge >= 0.3 is 0 Å². The fourth-order valence-electron chi connectivity index (χ4n) is 2.30. The minimum atomic E-state index is -0.121. The molecule has 0 spiro atoms. The van der Waals surface area contributed by atoms with Gasteiger partial charge in [0.2, 0.25) is 11.0 Å². The summed E-state index contributed by atoms with van der Waals surface area (Å²) >= 11 is 1.39. The lowest BCUT2D eigenvalue weighted by Crippen LogP contribution is -2.12. The van der Waals surface area contributed by atoms with Crippen LogP contribution in [0.2, 0.25) is 0 Å². The predicted octanol–water partition coefficient (Wildman–Crippen LogP) is 3.94. The zero-order chi connectivity index (χ0) is 17.8. The Labute approximate surface area is 150 Å². The third-order valence-corrected chi connectivity index (χ3v) is 4.91. The zero-order valence-corrected chi connectivity index (χ0v) is 15.3. The van der Waals surface area contributed by atoms with Gasteiger partial charge in [-0.25, -0.2) is 4.98 Å². The van der Waals surface area contributed by atoms with Crippen molar-refractivity contribution in [1.82, 2.24) is 15.2 Å². The number of benzene rings is 1. The quantitative estimate of drug-likeness (QED) is 0.723. The van der Waals surface area contributed by atoms with Crippen LogP contribution < -0.4 is 5.32 Å². The molecular formula is C18H20N4O2S. The molecule has 2 aromatic heterocycles. The van der Waals surface area contributed by atoms with E-state index >= 15 is 0 Å². The second kappa shape index (κ2) is 7.57. The summed E-state index contributed by atoms with van der Waals surface area (Å²) in [4.78, 5) is 16.3. The van der Waals surface area contributed by atoms with E-state index in [9.17, 15) is 4.79 Å². The fraction of sp³-hybridized carbons (Fsp3) is 0.333. The van der Waals surface area contributed by atoms with Crippen molar-refractivity contribution in [2.45, 2.75) is 40.0 Å². The van der Waals surface area contributed by atoms with Crippen molar-refractivity contribution >= 4 is 22.4 Å². The Balaban J connectivity index is 1.57. The normalized spacial score (nSPS) is 10.8. The molecule has 1 amide bonds. The lowest BCUT2D eigenvalue weighted by Gasteiger charge is -2.02. The monoisotopic (exact) mass is 356 g/mol. The SMILES string of the molecule is CCc1nnc(NC(=O)CCc2ncc(-c3ccc(C)c(C)c3)o2)s1. The number of hydrogen-bond donors (Lipinski definition) is 1. The highest BCUT2D eigenvalue weighted by atomic mass is 32.1. The predicted molar refractivity (Wildman–Crippen MR) is 97.7 cm³/mol. The van der Waals surface area contributed by atoms with Crippen molar-refractivity contribution in [3.63, 3.8) is 0 Å². The summed E-state index contributed by atoms with van der Waals surface area (Å²) in [6, 6.07) is 6.15. The molecule has 7 heteroatoms. The molecule has 0 aliphatic rings. The van der Waals surface area contributed by atoms with Crippen molar-refractivity contribution < 1.29 is 9.21 Å². The van der Waals surface area contributed by atoms with E-state index in [1.54, 1.807) is 6.20 Å². The van der Waals surface area contributed by atoms with Gasteiger partial charge in [-0.2, -0.15) is 0 Å². The molecule has 1 N–H and O–H groups in total. The number of aryl methyl sites for hydroxylation is 4. The van der Waals surface area contributed by atoms with Crippen LogP contribution in [0.15, 0.2) is 28.8 Å². The summed E-state index contributed by atoms with van der Waals surface area (Å²) in [5.74, 6) is 1.15. The van der Waals surface area contributed by atoms with Crippen LogP contribution in [0.25, 0.3) is 11.3 Å². The first kappa shape index (κ1) is 17.3. The maximum atomic E-state index is 12.0. The summed E-state index contributed by atoms with van der Waals surface area (Å²) in [5.41, 5.74) is 3.44. The van der Waals surface area contributed by atoms with Crippen molar-refractivity contribution in [3.8, 4) is 11.3 Å². The Bertz CT molecular complexity index is 885. The molecule has 130 valence electrons. The number of aromatic nitrogens is 3. The molecule has 0 bridgehead atoms. The number of amides is 1. The number of carbonyl (C=O) groups excluding carboxylic acids is 1. The molecule has 25 heavy (non-hydrogen) atoms. The van der Waals surface area contributed by atoms with Gasteiger partial charge in [0.15, 0.2) is 11.7 Å². The van der Waals surface area contributed by atoms with Gasteiger partial charge in [-0.05, 0) is 37.5 Å². The summed E-state index contributed by atoms with van der Waals surface area (Å²) in [5, 5.41) is 12.1. The molecule has 6 nitrogen and oxygen atoms in total. The third kappa shape index (κ3) is 4.30. The average Bonchev–Trinajstić information content (AvgIpc) is 3.24. The van der Waals surface area contributed by atoms with Crippen molar-refractivity contribution in [3.05, 3.63) is 46.4 Å². The maximum absolute atomic E-state index is 12.0. The summed E-state index contributed by atoms with van der Waals surface area (Å²) in [6.07, 6.45) is 3.24. The number of oxazole rings is 1. The number of carbonyl (C=O) groups is 1. The van der Waals surface area contributed by atoms with Gasteiger partial charge in [0.25, 0.3) is 0 Å². The molecule has 2 heterocycles. The number of hydrogen-bond acceptors (Lipinski definition) is 6. The summed E-state index contributed by atoms with van der Waals surface area (Å²) < 4.78 is 5.77. The lowest BCUT2D eigenvalue weighted by atomic mass is 10.1. The minimum absolute atomic E-state index is 0.121. The van der Waals surface area contributed by atoms with E-state index < -0.39 is 0 Å². The molecule has 0 aliphatic carbocycles. The van der Waals surface area contributed by atoms with Crippen LogP contribution in [0.4, 0.5) is 5.13 Å². The van der Waals surface area contributed by atoms with Gasteiger partial charge in [0, 0.05) is 18.4 Å². The van der Waals surface area contributed by atoms with Crippen molar-refractivity contribution in [2.24, 2.45) is 0 Å². The Morgan fingerprint density at radius 3 is 2.80 bits per heavy atom. The standard InChI is InChI=1S/C18H20N4O2S/c1-4-17-21-22-18(25-17)20-15(23)7-8-16-19-10-14(24-16)13-6-5-11(2)12(3)9-13/h5-6,9-10H,4,7-8H2,1-3H3,(H,20,22,23). The lowest BCUT2D eigenvalue weighted by molar-refractivity contribution is -0.116. The number of anilines is 1. The molecule has 0 fully saturated rings. The minimum Gasteiger partial charge on any atom is -0.441 e. The number of nitrogens with one attached hydrogen (secondary N) is 1. The molecule has 3 rings (SSSR count). The van der Waals surface area contributed by atoms with Crippen molar-refractivity contribution in [1.29, 1.82) is 0 Å². The van der Waals surface area contributed by atoms with Crippen LogP contribution in [0.1, 0.15) is 35.4 Å². The third-order valence-electron chi connectivity index (χ3n) is 3.93. The first-order valence-corrected chi connectivity index (χ1v) is 9.01. The van der Waals surface area contributed by atoms with Crippen LogP contribution >= 0.6 is 11.3 Å². The molecular weight excluding hydrogens is 336 g/mol. The Morgan fingerprint density at radius 2 is 2.08 bits per heavy atom. The largest absolute Gasteiger partial charge is 0.441 e. The molecule has 1 aromatic carbocycles. The molecule has 3 aromatic rings. The van der Waals surface area contributed by atoms with Crippen LogP contribution in [-0.2, 0) is 17.6 Å².